The molecule has 8 heteroatoms. The average molecular weight is 683 g/mol. The zero-order valence-corrected chi connectivity index (χ0v) is 27.2. The van der Waals surface area contributed by atoms with Crippen LogP contribution in [0, 0.1) is 0 Å². The van der Waals surface area contributed by atoms with Crippen LogP contribution in [-0.2, 0) is 0 Å². The van der Waals surface area contributed by atoms with E-state index in [9.17, 15) is 0 Å². The molecule has 7 aromatic heterocycles. The van der Waals surface area contributed by atoms with Gasteiger partial charge in [0.1, 0.15) is 0 Å². The Kier molecular flexibility index (Phi) is 7.00. The number of rotatable bonds is 4. The molecule has 0 saturated carbocycles. The van der Waals surface area contributed by atoms with Crippen molar-refractivity contribution in [3.05, 3.63) is 145 Å². The van der Waals surface area contributed by atoms with Crippen molar-refractivity contribution in [3.8, 4) is 44.5 Å². The van der Waals surface area contributed by atoms with Crippen molar-refractivity contribution >= 4 is 58.4 Å². The van der Waals surface area contributed by atoms with E-state index in [0.717, 1.165) is 78.3 Å². The molecule has 0 fully saturated rings. The SMILES string of the molecule is C1=Cc2nc1c(-c1ccncc1)c1ccc([nH]1)c(-c1ccncc1)c1nc(c(-c3cccnc3)c3ccc([se]3)c2-c2cccnc2)C=C1. The summed E-state index contributed by atoms with van der Waals surface area (Å²) >= 11 is -0.0490. The van der Waals surface area contributed by atoms with Gasteiger partial charge in [0, 0.05) is 0 Å². The van der Waals surface area contributed by atoms with Gasteiger partial charge in [-0.2, -0.15) is 0 Å². The third-order valence-corrected chi connectivity index (χ3v) is 10.8. The van der Waals surface area contributed by atoms with E-state index in [1.54, 1.807) is 0 Å². The molecule has 0 aliphatic carbocycles. The average Bonchev–Trinajstić information content (AvgIpc) is 3.98. The van der Waals surface area contributed by atoms with E-state index in [0.29, 0.717) is 0 Å². The quantitative estimate of drug-likeness (QED) is 0.187. The molecule has 0 spiro atoms. The fourth-order valence-corrected chi connectivity index (χ4v) is 8.78. The first-order valence-electron chi connectivity index (χ1n) is 15.5. The van der Waals surface area contributed by atoms with Crippen LogP contribution in [0.4, 0.5) is 0 Å². The number of fused-ring (bicyclic) bond motifs is 8. The van der Waals surface area contributed by atoms with E-state index < -0.39 is 0 Å². The molecule has 0 unspecified atom stereocenters. The Morgan fingerprint density at radius 1 is 0.396 bits per heavy atom. The number of aromatic amines is 1. The van der Waals surface area contributed by atoms with Gasteiger partial charge >= 0.3 is 283 Å². The normalized spacial score (nSPS) is 12.0. The summed E-state index contributed by atoms with van der Waals surface area (Å²) < 4.78 is 2.46. The minimum atomic E-state index is -0.0490. The topological polar surface area (TPSA) is 93.1 Å². The molecule has 0 amide bonds. The minimum absolute atomic E-state index is 0.0490. The van der Waals surface area contributed by atoms with E-state index >= 15 is 0 Å². The molecule has 0 aromatic carbocycles. The number of nitrogens with zero attached hydrogens (tertiary/aromatic N) is 6. The van der Waals surface area contributed by atoms with Gasteiger partial charge in [0.2, 0.25) is 0 Å². The molecule has 0 atom stereocenters. The van der Waals surface area contributed by atoms with Crippen LogP contribution >= 0.6 is 0 Å². The van der Waals surface area contributed by atoms with Gasteiger partial charge in [-0.05, 0) is 0 Å². The third kappa shape index (κ3) is 5.00. The van der Waals surface area contributed by atoms with Crippen LogP contribution in [-0.4, -0.2) is 49.4 Å². The van der Waals surface area contributed by atoms with Crippen LogP contribution in [0.25, 0.3) is 88.4 Å². The molecule has 9 rings (SSSR count). The number of nitrogens with one attached hydrogen (secondary N) is 1. The van der Waals surface area contributed by atoms with Gasteiger partial charge in [-0.1, -0.05) is 0 Å². The first-order chi connectivity index (χ1) is 23.8. The predicted molar refractivity (Wildman–Crippen MR) is 194 cm³/mol. The van der Waals surface area contributed by atoms with Crippen LogP contribution in [0.15, 0.2) is 122 Å². The zero-order chi connectivity index (χ0) is 31.9. The summed E-state index contributed by atoms with van der Waals surface area (Å²) in [6, 6.07) is 25.0. The summed E-state index contributed by atoms with van der Waals surface area (Å²) in [6.07, 6.45) is 23.2. The van der Waals surface area contributed by atoms with Gasteiger partial charge < -0.3 is 0 Å². The second-order valence-electron chi connectivity index (χ2n) is 11.3. The maximum atomic E-state index is 5.33. The van der Waals surface area contributed by atoms with E-state index in [1.165, 1.54) is 8.52 Å². The van der Waals surface area contributed by atoms with E-state index in [-0.39, 0.29) is 14.5 Å². The van der Waals surface area contributed by atoms with Crippen molar-refractivity contribution in [2.75, 3.05) is 0 Å². The van der Waals surface area contributed by atoms with Crippen molar-refractivity contribution in [3.63, 3.8) is 0 Å². The summed E-state index contributed by atoms with van der Waals surface area (Å²) in [5.41, 5.74) is 13.7. The number of hydrogen-bond acceptors (Lipinski definition) is 6. The second-order valence-corrected chi connectivity index (χ2v) is 13.6. The van der Waals surface area contributed by atoms with Gasteiger partial charge in [0.05, 0.1) is 0 Å². The Hall–Kier alpha value is -6.08. The van der Waals surface area contributed by atoms with E-state index in [1.807, 2.05) is 86.0 Å². The molecule has 48 heavy (non-hydrogen) atoms. The first-order valence-corrected chi connectivity index (χ1v) is 17.2. The number of pyridine rings is 4. The molecule has 1 N–H and O–H groups in total. The molecule has 0 radical (unpaired) electrons. The fourth-order valence-electron chi connectivity index (χ4n) is 6.35. The number of H-pyrrole nitrogens is 1. The summed E-state index contributed by atoms with van der Waals surface area (Å²) in [4.78, 5) is 32.0. The van der Waals surface area contributed by atoms with Crippen molar-refractivity contribution in [2.24, 2.45) is 0 Å². The van der Waals surface area contributed by atoms with Gasteiger partial charge in [0.15, 0.2) is 0 Å². The monoisotopic (exact) mass is 683 g/mol. The Balaban J connectivity index is 1.49. The molecule has 2 aliphatic heterocycles. The van der Waals surface area contributed by atoms with Crippen molar-refractivity contribution in [2.45, 2.75) is 0 Å². The standard InChI is InChI=1S/C40H25N7Se/c1-3-27(23-43-17-1)39-33-9-7-31(46-33)37(25-13-19-41-20-14-25)29-5-6-30(45-29)38(26-15-21-42-22-16-26)32-8-10-34(47-32)40(28-4-2-18-44-24-28)36-12-11-35(39)48-36/h1-24,45H. The number of hydrogen-bond donors (Lipinski definition) is 1. The molecule has 7 nitrogen and oxygen atoms in total. The Bertz CT molecular complexity index is 2190. The summed E-state index contributed by atoms with van der Waals surface area (Å²) in [5.74, 6) is 0. The molecular formula is C40H25N7Se. The predicted octanol–water partition coefficient (Wildman–Crippen LogP) is 8.63. The maximum absolute atomic E-state index is 5.33. The van der Waals surface area contributed by atoms with Crippen molar-refractivity contribution in [1.29, 1.82) is 0 Å². The van der Waals surface area contributed by atoms with Crippen LogP contribution in [0.5, 0.6) is 0 Å². The van der Waals surface area contributed by atoms with Gasteiger partial charge in [0.25, 0.3) is 0 Å². The molecular weight excluding hydrogens is 657 g/mol. The molecule has 8 bridgehead atoms. The van der Waals surface area contributed by atoms with Crippen LogP contribution < -0.4 is 0 Å². The molecule has 7 aromatic rings. The second kappa shape index (κ2) is 11.9. The number of aromatic nitrogens is 7. The third-order valence-electron chi connectivity index (χ3n) is 8.47. The van der Waals surface area contributed by atoms with Crippen molar-refractivity contribution in [1.82, 2.24) is 34.9 Å². The van der Waals surface area contributed by atoms with Gasteiger partial charge in [-0.25, -0.2) is 0 Å². The van der Waals surface area contributed by atoms with Crippen LogP contribution in [0.3, 0.4) is 0 Å². The van der Waals surface area contributed by atoms with Gasteiger partial charge in [-0.15, -0.1) is 0 Å². The zero-order valence-electron chi connectivity index (χ0n) is 25.4. The Morgan fingerprint density at radius 2 is 0.833 bits per heavy atom. The molecule has 2 aliphatic rings. The van der Waals surface area contributed by atoms with Crippen LogP contribution in [0.1, 0.15) is 22.8 Å². The molecule has 226 valence electrons. The molecule has 9 heterocycles. The fraction of sp³-hybridized carbons (Fsp3) is 0. The Morgan fingerprint density at radius 3 is 1.25 bits per heavy atom. The summed E-state index contributed by atoms with van der Waals surface area (Å²) in [6.45, 7) is 0. The summed E-state index contributed by atoms with van der Waals surface area (Å²) in [5, 5.41) is 0. The van der Waals surface area contributed by atoms with Crippen LogP contribution in [0.2, 0.25) is 0 Å². The van der Waals surface area contributed by atoms with E-state index in [2.05, 4.69) is 85.6 Å². The van der Waals surface area contributed by atoms with Crippen molar-refractivity contribution < 1.29 is 0 Å². The van der Waals surface area contributed by atoms with E-state index in [4.69, 9.17) is 9.97 Å². The first kappa shape index (κ1) is 28.2. The van der Waals surface area contributed by atoms with Gasteiger partial charge in [-0.3, -0.25) is 0 Å². The summed E-state index contributed by atoms with van der Waals surface area (Å²) in [7, 11) is 0. The Labute approximate surface area is 281 Å². The molecule has 0 saturated heterocycles.